The second-order valence-corrected chi connectivity index (χ2v) is 4.04. The highest BCUT2D eigenvalue weighted by Gasteiger charge is 2.01. The van der Waals surface area contributed by atoms with Crippen LogP contribution in [0, 0.1) is 6.92 Å². The lowest BCUT2D eigenvalue weighted by Crippen LogP contribution is -2.13. The first kappa shape index (κ1) is 11.1. The van der Waals surface area contributed by atoms with Gasteiger partial charge in [0.1, 0.15) is 5.75 Å². The van der Waals surface area contributed by atoms with E-state index >= 15 is 0 Å². The molecule has 14 heavy (non-hydrogen) atoms. The number of hydrogen-bond donors (Lipinski definition) is 1. The van der Waals surface area contributed by atoms with E-state index in [1.807, 2.05) is 6.07 Å². The summed E-state index contributed by atoms with van der Waals surface area (Å²) >= 11 is 0. The first-order valence-electron chi connectivity index (χ1n) is 5.03. The van der Waals surface area contributed by atoms with Gasteiger partial charge >= 0.3 is 0 Å². The SMILES string of the molecule is Cc1ccc(O)c(CCCN(C)C)c1. The summed E-state index contributed by atoms with van der Waals surface area (Å²) in [7, 11) is 4.13. The van der Waals surface area contributed by atoms with Gasteiger partial charge in [0.15, 0.2) is 0 Å². The highest BCUT2D eigenvalue weighted by atomic mass is 16.3. The van der Waals surface area contributed by atoms with Crippen LogP contribution in [0.15, 0.2) is 18.2 Å². The highest BCUT2D eigenvalue weighted by molar-refractivity contribution is 5.35. The monoisotopic (exact) mass is 193 g/mol. The van der Waals surface area contributed by atoms with E-state index in [-0.39, 0.29) is 0 Å². The second kappa shape index (κ2) is 5.01. The summed E-state index contributed by atoms with van der Waals surface area (Å²) in [5.74, 6) is 0.425. The van der Waals surface area contributed by atoms with Crippen LogP contribution < -0.4 is 0 Å². The normalized spacial score (nSPS) is 10.9. The molecule has 0 fully saturated rings. The standard InChI is InChI=1S/C12H19NO/c1-10-6-7-12(14)11(9-10)5-4-8-13(2)3/h6-7,9,14H,4-5,8H2,1-3H3. The molecule has 0 saturated heterocycles. The summed E-state index contributed by atoms with van der Waals surface area (Å²) < 4.78 is 0. The van der Waals surface area contributed by atoms with Crippen molar-refractivity contribution in [3.8, 4) is 5.75 Å². The van der Waals surface area contributed by atoms with Crippen LogP contribution in [-0.2, 0) is 6.42 Å². The number of phenolic OH excluding ortho intramolecular Hbond substituents is 1. The molecule has 0 atom stereocenters. The lowest BCUT2D eigenvalue weighted by atomic mass is 10.1. The Labute approximate surface area is 86.2 Å². The van der Waals surface area contributed by atoms with Crippen molar-refractivity contribution >= 4 is 0 Å². The van der Waals surface area contributed by atoms with Crippen molar-refractivity contribution in [1.82, 2.24) is 4.90 Å². The zero-order valence-corrected chi connectivity index (χ0v) is 9.25. The van der Waals surface area contributed by atoms with Gasteiger partial charge in [-0.3, -0.25) is 0 Å². The molecule has 0 aromatic heterocycles. The van der Waals surface area contributed by atoms with Gasteiger partial charge in [-0.15, -0.1) is 0 Å². The minimum atomic E-state index is 0.425. The van der Waals surface area contributed by atoms with Gasteiger partial charge in [-0.1, -0.05) is 17.7 Å². The number of hydrogen-bond acceptors (Lipinski definition) is 2. The lowest BCUT2D eigenvalue weighted by molar-refractivity contribution is 0.397. The van der Waals surface area contributed by atoms with Crippen molar-refractivity contribution in [2.45, 2.75) is 19.8 Å². The smallest absolute Gasteiger partial charge is 0.118 e. The fourth-order valence-electron chi connectivity index (χ4n) is 1.50. The topological polar surface area (TPSA) is 23.5 Å². The number of benzene rings is 1. The highest BCUT2D eigenvalue weighted by Crippen LogP contribution is 2.19. The largest absolute Gasteiger partial charge is 0.508 e. The molecule has 0 bridgehead atoms. The van der Waals surface area contributed by atoms with Gasteiger partial charge in [-0.2, -0.15) is 0 Å². The third kappa shape index (κ3) is 3.38. The van der Waals surface area contributed by atoms with Crippen LogP contribution in [0.1, 0.15) is 17.5 Å². The molecule has 1 rings (SSSR count). The van der Waals surface area contributed by atoms with Crippen molar-refractivity contribution in [3.05, 3.63) is 29.3 Å². The molecule has 1 N–H and O–H groups in total. The molecule has 0 radical (unpaired) electrons. The fourth-order valence-corrected chi connectivity index (χ4v) is 1.50. The Morgan fingerprint density at radius 3 is 2.64 bits per heavy atom. The van der Waals surface area contributed by atoms with Gasteiger partial charge in [-0.25, -0.2) is 0 Å². The summed E-state index contributed by atoms with van der Waals surface area (Å²) in [6.45, 7) is 3.11. The zero-order valence-electron chi connectivity index (χ0n) is 9.25. The number of rotatable bonds is 4. The van der Waals surface area contributed by atoms with Crippen molar-refractivity contribution in [1.29, 1.82) is 0 Å². The Hall–Kier alpha value is -1.02. The molecule has 0 aliphatic carbocycles. The maximum Gasteiger partial charge on any atom is 0.118 e. The van der Waals surface area contributed by atoms with Crippen molar-refractivity contribution in [2.75, 3.05) is 20.6 Å². The number of phenols is 1. The van der Waals surface area contributed by atoms with Crippen LogP contribution in [0.3, 0.4) is 0 Å². The van der Waals surface area contributed by atoms with Gasteiger partial charge in [-0.05, 0) is 52.0 Å². The van der Waals surface area contributed by atoms with Crippen LogP contribution in [0.25, 0.3) is 0 Å². The molecule has 1 aromatic rings. The second-order valence-electron chi connectivity index (χ2n) is 4.04. The maximum atomic E-state index is 9.59. The Balaban J connectivity index is 2.53. The molecule has 78 valence electrons. The average Bonchev–Trinajstić information content (AvgIpc) is 2.10. The molecule has 2 heteroatoms. The first-order chi connectivity index (χ1) is 6.59. The minimum Gasteiger partial charge on any atom is -0.508 e. The Morgan fingerprint density at radius 1 is 1.29 bits per heavy atom. The Morgan fingerprint density at radius 2 is 2.00 bits per heavy atom. The van der Waals surface area contributed by atoms with Crippen LogP contribution in [0.5, 0.6) is 5.75 Å². The quantitative estimate of drug-likeness (QED) is 0.792. The van der Waals surface area contributed by atoms with E-state index in [1.165, 1.54) is 5.56 Å². The number of nitrogens with zero attached hydrogens (tertiary/aromatic N) is 1. The summed E-state index contributed by atoms with van der Waals surface area (Å²) in [6, 6.07) is 5.77. The van der Waals surface area contributed by atoms with Gasteiger partial charge in [0.2, 0.25) is 0 Å². The van der Waals surface area contributed by atoms with E-state index < -0.39 is 0 Å². The molecular formula is C12H19NO. The Bertz CT molecular complexity index is 294. The van der Waals surface area contributed by atoms with E-state index in [2.05, 4.69) is 32.0 Å². The molecule has 0 aliphatic rings. The van der Waals surface area contributed by atoms with Gasteiger partial charge in [0.05, 0.1) is 0 Å². The summed E-state index contributed by atoms with van der Waals surface area (Å²) in [6.07, 6.45) is 2.04. The predicted molar refractivity (Wildman–Crippen MR) is 59.7 cm³/mol. The number of aromatic hydroxyl groups is 1. The van der Waals surface area contributed by atoms with Crippen LogP contribution >= 0.6 is 0 Å². The Kier molecular flexibility index (Phi) is 3.96. The third-order valence-corrected chi connectivity index (χ3v) is 2.29. The van der Waals surface area contributed by atoms with Gasteiger partial charge in [0, 0.05) is 0 Å². The van der Waals surface area contributed by atoms with E-state index in [1.54, 1.807) is 6.07 Å². The first-order valence-corrected chi connectivity index (χ1v) is 5.03. The average molecular weight is 193 g/mol. The molecule has 0 saturated carbocycles. The molecule has 0 unspecified atom stereocenters. The van der Waals surface area contributed by atoms with Gasteiger partial charge in [0.25, 0.3) is 0 Å². The van der Waals surface area contributed by atoms with Crippen molar-refractivity contribution < 1.29 is 5.11 Å². The van der Waals surface area contributed by atoms with Crippen LogP contribution in [0.2, 0.25) is 0 Å². The number of aryl methyl sites for hydroxylation is 2. The third-order valence-electron chi connectivity index (χ3n) is 2.29. The molecule has 0 aliphatic heterocycles. The molecule has 0 spiro atoms. The van der Waals surface area contributed by atoms with E-state index in [0.717, 1.165) is 24.9 Å². The van der Waals surface area contributed by atoms with Crippen molar-refractivity contribution in [3.63, 3.8) is 0 Å². The fraction of sp³-hybridized carbons (Fsp3) is 0.500. The summed E-state index contributed by atoms with van der Waals surface area (Å²) in [5, 5.41) is 9.59. The van der Waals surface area contributed by atoms with Crippen LogP contribution in [0.4, 0.5) is 0 Å². The molecule has 0 heterocycles. The molecule has 2 nitrogen and oxygen atoms in total. The lowest BCUT2D eigenvalue weighted by Gasteiger charge is -2.10. The molecule has 0 amide bonds. The zero-order chi connectivity index (χ0) is 10.6. The maximum absolute atomic E-state index is 9.59. The van der Waals surface area contributed by atoms with Crippen LogP contribution in [-0.4, -0.2) is 30.6 Å². The van der Waals surface area contributed by atoms with Crippen molar-refractivity contribution in [2.24, 2.45) is 0 Å². The van der Waals surface area contributed by atoms with E-state index in [0.29, 0.717) is 5.75 Å². The van der Waals surface area contributed by atoms with E-state index in [9.17, 15) is 5.11 Å². The van der Waals surface area contributed by atoms with E-state index in [4.69, 9.17) is 0 Å². The van der Waals surface area contributed by atoms with Gasteiger partial charge < -0.3 is 10.0 Å². The minimum absolute atomic E-state index is 0.425. The summed E-state index contributed by atoms with van der Waals surface area (Å²) in [4.78, 5) is 2.16. The molecular weight excluding hydrogens is 174 g/mol. The predicted octanol–water partition coefficient (Wildman–Crippen LogP) is 2.19. The molecule has 1 aromatic carbocycles. The summed E-state index contributed by atoms with van der Waals surface area (Å²) in [5.41, 5.74) is 2.27.